The van der Waals surface area contributed by atoms with Crippen LogP contribution in [0.2, 0.25) is 0 Å². The Labute approximate surface area is 103 Å². The number of rotatable bonds is 10. The minimum Gasteiger partial charge on any atom is -0.353 e. The van der Waals surface area contributed by atoms with Crippen LogP contribution in [-0.4, -0.2) is 36.5 Å². The average molecular weight is 244 g/mol. The van der Waals surface area contributed by atoms with E-state index >= 15 is 0 Å². The van der Waals surface area contributed by atoms with Crippen molar-refractivity contribution in [2.45, 2.75) is 45.1 Å². The second-order valence-electron chi connectivity index (χ2n) is 4.25. The van der Waals surface area contributed by atoms with E-state index in [4.69, 9.17) is 0 Å². The molecule has 0 saturated heterocycles. The van der Waals surface area contributed by atoms with Crippen molar-refractivity contribution in [1.82, 2.24) is 10.6 Å². The maximum Gasteiger partial charge on any atom is 0.220 e. The number of hydrogen-bond acceptors (Lipinski definition) is 3. The molecule has 1 aliphatic carbocycles. The van der Waals surface area contributed by atoms with Gasteiger partial charge in [0.05, 0.1) is 0 Å². The van der Waals surface area contributed by atoms with Gasteiger partial charge >= 0.3 is 0 Å². The predicted molar refractivity (Wildman–Crippen MR) is 70.9 cm³/mol. The Morgan fingerprint density at radius 3 is 2.75 bits per heavy atom. The molecule has 1 fully saturated rings. The molecule has 0 spiro atoms. The number of carbonyl (C=O) groups is 1. The Balaban J connectivity index is 1.75. The van der Waals surface area contributed by atoms with Crippen molar-refractivity contribution in [2.24, 2.45) is 0 Å². The molecule has 4 heteroatoms. The third-order valence-corrected chi connectivity index (χ3v) is 3.53. The maximum atomic E-state index is 11.3. The van der Waals surface area contributed by atoms with E-state index in [0.29, 0.717) is 12.5 Å². The SMILES string of the molecule is CCSCCCNCCCC(=O)NC1CC1. The molecular formula is C12H24N2OS. The molecule has 0 aromatic rings. The highest BCUT2D eigenvalue weighted by atomic mass is 32.2. The number of nitrogens with one attached hydrogen (secondary N) is 2. The van der Waals surface area contributed by atoms with Gasteiger partial charge in [-0.25, -0.2) is 0 Å². The van der Waals surface area contributed by atoms with Crippen molar-refractivity contribution >= 4 is 17.7 Å². The van der Waals surface area contributed by atoms with Crippen molar-refractivity contribution in [3.8, 4) is 0 Å². The van der Waals surface area contributed by atoms with Gasteiger partial charge < -0.3 is 10.6 Å². The third kappa shape index (κ3) is 7.99. The van der Waals surface area contributed by atoms with Gasteiger partial charge in [-0.2, -0.15) is 11.8 Å². The van der Waals surface area contributed by atoms with E-state index in [-0.39, 0.29) is 5.91 Å². The molecule has 0 unspecified atom stereocenters. The van der Waals surface area contributed by atoms with Crippen LogP contribution in [0.25, 0.3) is 0 Å². The van der Waals surface area contributed by atoms with Gasteiger partial charge in [-0.1, -0.05) is 6.92 Å². The van der Waals surface area contributed by atoms with Gasteiger partial charge in [0.2, 0.25) is 5.91 Å². The lowest BCUT2D eigenvalue weighted by atomic mass is 10.3. The first-order valence-electron chi connectivity index (χ1n) is 6.40. The summed E-state index contributed by atoms with van der Waals surface area (Å²) in [6.45, 7) is 4.24. The van der Waals surface area contributed by atoms with Crippen LogP contribution in [0.5, 0.6) is 0 Å². The Morgan fingerprint density at radius 2 is 2.06 bits per heavy atom. The highest BCUT2D eigenvalue weighted by molar-refractivity contribution is 7.99. The fraction of sp³-hybridized carbons (Fsp3) is 0.917. The molecular weight excluding hydrogens is 220 g/mol. The Bertz CT molecular complexity index is 195. The standard InChI is InChI=1S/C12H24N2OS/c1-2-16-10-4-9-13-8-3-5-12(15)14-11-6-7-11/h11,13H,2-10H2,1H3,(H,14,15). The van der Waals surface area contributed by atoms with Crippen LogP contribution in [0.1, 0.15) is 39.0 Å². The lowest BCUT2D eigenvalue weighted by molar-refractivity contribution is -0.121. The van der Waals surface area contributed by atoms with Gasteiger partial charge in [0.25, 0.3) is 0 Å². The fourth-order valence-electron chi connectivity index (χ4n) is 1.47. The van der Waals surface area contributed by atoms with Gasteiger partial charge in [-0.05, 0) is 50.3 Å². The molecule has 0 bridgehead atoms. The molecule has 1 aliphatic rings. The van der Waals surface area contributed by atoms with Crippen molar-refractivity contribution in [3.05, 3.63) is 0 Å². The summed E-state index contributed by atoms with van der Waals surface area (Å²) in [4.78, 5) is 11.3. The molecule has 1 saturated carbocycles. The summed E-state index contributed by atoms with van der Waals surface area (Å²) < 4.78 is 0. The summed E-state index contributed by atoms with van der Waals surface area (Å²) >= 11 is 1.99. The van der Waals surface area contributed by atoms with Crippen LogP contribution in [0, 0.1) is 0 Å². The maximum absolute atomic E-state index is 11.3. The van der Waals surface area contributed by atoms with E-state index < -0.39 is 0 Å². The van der Waals surface area contributed by atoms with Crippen LogP contribution in [0.15, 0.2) is 0 Å². The summed E-state index contributed by atoms with van der Waals surface area (Å²) in [5.74, 6) is 2.68. The largest absolute Gasteiger partial charge is 0.353 e. The average Bonchev–Trinajstić information content (AvgIpc) is 3.06. The Kier molecular flexibility index (Phi) is 7.68. The molecule has 0 aromatic carbocycles. The molecule has 94 valence electrons. The molecule has 3 nitrogen and oxygen atoms in total. The first kappa shape index (κ1) is 13.8. The van der Waals surface area contributed by atoms with Crippen LogP contribution in [-0.2, 0) is 4.79 Å². The van der Waals surface area contributed by atoms with Crippen molar-refractivity contribution in [3.63, 3.8) is 0 Å². The minimum atomic E-state index is 0.228. The smallest absolute Gasteiger partial charge is 0.220 e. The van der Waals surface area contributed by atoms with Crippen LogP contribution >= 0.6 is 11.8 Å². The molecule has 1 rings (SSSR count). The Morgan fingerprint density at radius 1 is 1.31 bits per heavy atom. The third-order valence-electron chi connectivity index (χ3n) is 2.55. The summed E-state index contributed by atoms with van der Waals surface area (Å²) in [5.41, 5.74) is 0. The summed E-state index contributed by atoms with van der Waals surface area (Å²) in [7, 11) is 0. The van der Waals surface area contributed by atoms with E-state index in [9.17, 15) is 4.79 Å². The topological polar surface area (TPSA) is 41.1 Å². The molecule has 2 N–H and O–H groups in total. The predicted octanol–water partition coefficient (Wildman–Crippen LogP) is 1.78. The normalized spacial score (nSPS) is 15.1. The molecule has 0 aromatic heterocycles. The van der Waals surface area contributed by atoms with Crippen molar-refractivity contribution < 1.29 is 4.79 Å². The second-order valence-corrected chi connectivity index (χ2v) is 5.64. The molecule has 0 atom stereocenters. The van der Waals surface area contributed by atoms with Gasteiger partial charge in [-0.15, -0.1) is 0 Å². The molecule has 1 amide bonds. The minimum absolute atomic E-state index is 0.228. The first-order chi connectivity index (χ1) is 7.83. The van der Waals surface area contributed by atoms with Crippen LogP contribution in [0.4, 0.5) is 0 Å². The highest BCUT2D eigenvalue weighted by Crippen LogP contribution is 2.18. The zero-order valence-corrected chi connectivity index (χ0v) is 11.1. The van der Waals surface area contributed by atoms with E-state index in [1.165, 1.54) is 30.8 Å². The van der Waals surface area contributed by atoms with E-state index in [1.807, 2.05) is 11.8 Å². The van der Waals surface area contributed by atoms with Crippen molar-refractivity contribution in [1.29, 1.82) is 0 Å². The monoisotopic (exact) mass is 244 g/mol. The quantitative estimate of drug-likeness (QED) is 0.576. The summed E-state index contributed by atoms with van der Waals surface area (Å²) in [5, 5.41) is 6.38. The number of hydrogen-bond donors (Lipinski definition) is 2. The first-order valence-corrected chi connectivity index (χ1v) is 7.56. The fourth-order valence-corrected chi connectivity index (χ4v) is 2.11. The number of thioether (sulfide) groups is 1. The van der Waals surface area contributed by atoms with Crippen LogP contribution < -0.4 is 10.6 Å². The second kappa shape index (κ2) is 8.88. The van der Waals surface area contributed by atoms with E-state index in [2.05, 4.69) is 17.6 Å². The summed E-state index contributed by atoms with van der Waals surface area (Å²) in [6.07, 6.45) is 5.22. The van der Waals surface area contributed by atoms with Crippen molar-refractivity contribution in [2.75, 3.05) is 24.6 Å². The zero-order chi connectivity index (χ0) is 11.6. The highest BCUT2D eigenvalue weighted by Gasteiger charge is 2.22. The molecule has 16 heavy (non-hydrogen) atoms. The number of carbonyl (C=O) groups excluding carboxylic acids is 1. The summed E-state index contributed by atoms with van der Waals surface area (Å²) in [6, 6.07) is 0.506. The van der Waals surface area contributed by atoms with Gasteiger partial charge in [-0.3, -0.25) is 4.79 Å². The number of amides is 1. The lowest BCUT2D eigenvalue weighted by Gasteiger charge is -2.05. The molecule has 0 heterocycles. The zero-order valence-electron chi connectivity index (χ0n) is 10.3. The van der Waals surface area contributed by atoms with Crippen LogP contribution in [0.3, 0.4) is 0 Å². The van der Waals surface area contributed by atoms with E-state index in [0.717, 1.165) is 19.5 Å². The van der Waals surface area contributed by atoms with Gasteiger partial charge in [0.1, 0.15) is 0 Å². The molecule has 0 aliphatic heterocycles. The molecule has 0 radical (unpaired) electrons. The lowest BCUT2D eigenvalue weighted by Crippen LogP contribution is -2.26. The Hall–Kier alpha value is -0.220. The van der Waals surface area contributed by atoms with E-state index in [1.54, 1.807) is 0 Å². The van der Waals surface area contributed by atoms with Gasteiger partial charge in [0.15, 0.2) is 0 Å². The van der Waals surface area contributed by atoms with Gasteiger partial charge in [0, 0.05) is 12.5 Å².